The number of hydrogen-bond acceptors (Lipinski definition) is 2. The Morgan fingerprint density at radius 1 is 0.789 bits per heavy atom. The first-order chi connectivity index (χ1) is 9.22. The second-order valence-corrected chi connectivity index (χ2v) is 4.16. The van der Waals surface area contributed by atoms with E-state index in [0.29, 0.717) is 0 Å². The molecule has 0 saturated carbocycles. The summed E-state index contributed by atoms with van der Waals surface area (Å²) in [5, 5.41) is 0. The van der Waals surface area contributed by atoms with Crippen molar-refractivity contribution in [1.29, 1.82) is 0 Å². The minimum Gasteiger partial charge on any atom is -0.497 e. The second-order valence-electron chi connectivity index (χ2n) is 4.16. The average Bonchev–Trinajstić information content (AvgIpc) is 2.47. The molecular formula is C17H16O2. The van der Waals surface area contributed by atoms with Crippen molar-refractivity contribution in [3.63, 3.8) is 0 Å². The molecule has 2 aromatic carbocycles. The Kier molecular flexibility index (Phi) is 4.10. The molecule has 2 heteroatoms. The predicted octanol–water partition coefficient (Wildman–Crippen LogP) is 3.41. The topological polar surface area (TPSA) is 18.5 Å². The van der Waals surface area contributed by atoms with Crippen molar-refractivity contribution in [1.82, 2.24) is 0 Å². The van der Waals surface area contributed by atoms with E-state index in [1.54, 1.807) is 14.2 Å². The van der Waals surface area contributed by atoms with Crippen molar-refractivity contribution in [3.05, 3.63) is 59.2 Å². The molecule has 0 aromatic heterocycles. The summed E-state index contributed by atoms with van der Waals surface area (Å²) in [5.41, 5.74) is 3.01. The molecule has 19 heavy (non-hydrogen) atoms. The van der Waals surface area contributed by atoms with Crippen LogP contribution < -0.4 is 9.47 Å². The summed E-state index contributed by atoms with van der Waals surface area (Å²) >= 11 is 0. The summed E-state index contributed by atoms with van der Waals surface area (Å²) in [4.78, 5) is 0. The van der Waals surface area contributed by atoms with Crippen LogP contribution in [0.4, 0.5) is 0 Å². The van der Waals surface area contributed by atoms with Crippen LogP contribution >= 0.6 is 0 Å². The van der Waals surface area contributed by atoms with E-state index < -0.39 is 0 Å². The summed E-state index contributed by atoms with van der Waals surface area (Å²) in [5.74, 6) is 7.95. The van der Waals surface area contributed by atoms with Crippen LogP contribution in [0, 0.1) is 18.8 Å². The van der Waals surface area contributed by atoms with Gasteiger partial charge in [0.05, 0.1) is 14.2 Å². The highest BCUT2D eigenvalue weighted by molar-refractivity contribution is 5.48. The summed E-state index contributed by atoms with van der Waals surface area (Å²) in [6.45, 7) is 2.01. The van der Waals surface area contributed by atoms with E-state index in [9.17, 15) is 0 Å². The predicted molar refractivity (Wildman–Crippen MR) is 76.7 cm³/mol. The fourth-order valence-corrected chi connectivity index (χ4v) is 1.72. The normalized spacial score (nSPS) is 9.42. The van der Waals surface area contributed by atoms with Crippen molar-refractivity contribution in [2.24, 2.45) is 0 Å². The molecule has 0 atom stereocenters. The molecule has 0 aliphatic heterocycles. The van der Waals surface area contributed by atoms with E-state index >= 15 is 0 Å². The highest BCUT2D eigenvalue weighted by Gasteiger charge is 1.97. The lowest BCUT2D eigenvalue weighted by Crippen LogP contribution is -1.87. The van der Waals surface area contributed by atoms with E-state index in [-0.39, 0.29) is 0 Å². The Balaban J connectivity index is 2.23. The van der Waals surface area contributed by atoms with Gasteiger partial charge in [0.25, 0.3) is 0 Å². The molecule has 0 amide bonds. The largest absolute Gasteiger partial charge is 0.497 e. The fourth-order valence-electron chi connectivity index (χ4n) is 1.72. The Morgan fingerprint density at radius 3 is 2.05 bits per heavy atom. The number of rotatable bonds is 2. The molecule has 0 bridgehead atoms. The van der Waals surface area contributed by atoms with Gasteiger partial charge in [0.1, 0.15) is 11.5 Å². The molecule has 0 aliphatic carbocycles. The van der Waals surface area contributed by atoms with Gasteiger partial charge in [-0.1, -0.05) is 17.9 Å². The molecule has 0 fully saturated rings. The Morgan fingerprint density at radius 2 is 1.42 bits per heavy atom. The molecule has 0 N–H and O–H groups in total. The average molecular weight is 252 g/mol. The molecular weight excluding hydrogens is 236 g/mol. The number of hydrogen-bond donors (Lipinski definition) is 0. The standard InChI is InChI=1S/C17H16O2/c1-13-4-5-15(12-17(13)19-3)7-6-14-8-10-16(18-2)11-9-14/h4-5,8-12H,1-3H3. The molecule has 0 radical (unpaired) electrons. The third-order valence-corrected chi connectivity index (χ3v) is 2.85. The van der Waals surface area contributed by atoms with Crippen LogP contribution in [0.2, 0.25) is 0 Å². The van der Waals surface area contributed by atoms with Crippen LogP contribution in [0.5, 0.6) is 11.5 Å². The first-order valence-electron chi connectivity index (χ1n) is 6.03. The van der Waals surface area contributed by atoms with Crippen LogP contribution in [0.3, 0.4) is 0 Å². The van der Waals surface area contributed by atoms with Gasteiger partial charge in [0.15, 0.2) is 0 Å². The summed E-state index contributed by atoms with van der Waals surface area (Å²) < 4.78 is 10.4. The van der Waals surface area contributed by atoms with Gasteiger partial charge >= 0.3 is 0 Å². The fraction of sp³-hybridized carbons (Fsp3) is 0.176. The van der Waals surface area contributed by atoms with Crippen molar-refractivity contribution in [2.45, 2.75) is 6.92 Å². The van der Waals surface area contributed by atoms with Gasteiger partial charge in [-0.2, -0.15) is 0 Å². The first kappa shape index (κ1) is 13.0. The maximum Gasteiger partial charge on any atom is 0.123 e. The van der Waals surface area contributed by atoms with Crippen molar-refractivity contribution in [2.75, 3.05) is 14.2 Å². The van der Waals surface area contributed by atoms with E-state index in [0.717, 1.165) is 28.2 Å². The lowest BCUT2D eigenvalue weighted by atomic mass is 10.1. The molecule has 0 unspecified atom stereocenters. The Hall–Kier alpha value is -2.40. The zero-order chi connectivity index (χ0) is 13.7. The molecule has 2 rings (SSSR count). The molecule has 0 spiro atoms. The van der Waals surface area contributed by atoms with Crippen LogP contribution in [-0.2, 0) is 0 Å². The quantitative estimate of drug-likeness (QED) is 0.762. The third kappa shape index (κ3) is 3.29. The number of benzene rings is 2. The molecule has 2 nitrogen and oxygen atoms in total. The molecule has 2 aromatic rings. The van der Waals surface area contributed by atoms with Gasteiger partial charge in [-0.25, -0.2) is 0 Å². The van der Waals surface area contributed by atoms with Gasteiger partial charge in [-0.3, -0.25) is 0 Å². The summed E-state index contributed by atoms with van der Waals surface area (Å²) in [6.07, 6.45) is 0. The van der Waals surface area contributed by atoms with Crippen LogP contribution in [0.1, 0.15) is 16.7 Å². The van der Waals surface area contributed by atoms with E-state index in [2.05, 4.69) is 11.8 Å². The molecule has 0 heterocycles. The number of ether oxygens (including phenoxy) is 2. The van der Waals surface area contributed by atoms with Gasteiger partial charge in [0, 0.05) is 11.1 Å². The van der Waals surface area contributed by atoms with Gasteiger partial charge in [0.2, 0.25) is 0 Å². The molecule has 0 aliphatic rings. The van der Waals surface area contributed by atoms with Gasteiger partial charge < -0.3 is 9.47 Å². The highest BCUT2D eigenvalue weighted by Crippen LogP contribution is 2.18. The second kappa shape index (κ2) is 5.97. The van der Waals surface area contributed by atoms with E-state index in [4.69, 9.17) is 9.47 Å². The van der Waals surface area contributed by atoms with Crippen molar-refractivity contribution < 1.29 is 9.47 Å². The smallest absolute Gasteiger partial charge is 0.123 e. The molecule has 0 saturated heterocycles. The monoisotopic (exact) mass is 252 g/mol. The lowest BCUT2D eigenvalue weighted by molar-refractivity contribution is 0.411. The highest BCUT2D eigenvalue weighted by atomic mass is 16.5. The van der Waals surface area contributed by atoms with Crippen LogP contribution in [-0.4, -0.2) is 14.2 Å². The first-order valence-corrected chi connectivity index (χ1v) is 6.03. The summed E-state index contributed by atoms with van der Waals surface area (Å²) in [6, 6.07) is 13.6. The zero-order valence-corrected chi connectivity index (χ0v) is 11.4. The van der Waals surface area contributed by atoms with Crippen molar-refractivity contribution in [3.8, 4) is 23.3 Å². The minimum atomic E-state index is 0.836. The lowest BCUT2D eigenvalue weighted by Gasteiger charge is -2.03. The van der Waals surface area contributed by atoms with E-state index in [1.165, 1.54) is 0 Å². The zero-order valence-electron chi connectivity index (χ0n) is 11.4. The Labute approximate surface area is 114 Å². The minimum absolute atomic E-state index is 0.836. The maximum atomic E-state index is 5.28. The SMILES string of the molecule is COc1ccc(C#Cc2ccc(C)c(OC)c2)cc1. The van der Waals surface area contributed by atoms with Crippen LogP contribution in [0.25, 0.3) is 0 Å². The van der Waals surface area contributed by atoms with Crippen molar-refractivity contribution >= 4 is 0 Å². The van der Waals surface area contributed by atoms with Crippen LogP contribution in [0.15, 0.2) is 42.5 Å². The van der Waals surface area contributed by atoms with E-state index in [1.807, 2.05) is 49.4 Å². The number of aryl methyl sites for hydroxylation is 1. The maximum absolute atomic E-state index is 5.28. The Bertz CT molecular complexity index is 616. The van der Waals surface area contributed by atoms with Gasteiger partial charge in [-0.15, -0.1) is 0 Å². The number of methoxy groups -OCH3 is 2. The third-order valence-electron chi connectivity index (χ3n) is 2.85. The molecule has 96 valence electrons. The summed E-state index contributed by atoms with van der Waals surface area (Å²) in [7, 11) is 3.32. The van der Waals surface area contributed by atoms with Gasteiger partial charge in [-0.05, 0) is 48.9 Å².